The average molecular weight is 262 g/mol. The number of hydrazine groups is 1. The van der Waals surface area contributed by atoms with Gasteiger partial charge < -0.3 is 0 Å². The van der Waals surface area contributed by atoms with Gasteiger partial charge in [-0.2, -0.15) is 0 Å². The molecule has 0 radical (unpaired) electrons. The van der Waals surface area contributed by atoms with Gasteiger partial charge >= 0.3 is 0 Å². The Morgan fingerprint density at radius 3 is 2.32 bits per heavy atom. The van der Waals surface area contributed by atoms with Gasteiger partial charge in [-0.3, -0.25) is 11.3 Å². The summed E-state index contributed by atoms with van der Waals surface area (Å²) in [5, 5.41) is 0. The normalized spacial score (nSPS) is 50.2. The van der Waals surface area contributed by atoms with Gasteiger partial charge in [0.1, 0.15) is 0 Å². The van der Waals surface area contributed by atoms with Crippen LogP contribution >= 0.6 is 0 Å². The first kappa shape index (κ1) is 12.6. The van der Waals surface area contributed by atoms with Gasteiger partial charge in [-0.25, -0.2) is 0 Å². The highest BCUT2D eigenvalue weighted by Gasteiger charge is 2.58. The van der Waals surface area contributed by atoms with Crippen molar-refractivity contribution in [3.8, 4) is 0 Å². The van der Waals surface area contributed by atoms with E-state index in [4.69, 9.17) is 5.84 Å². The van der Waals surface area contributed by atoms with Crippen LogP contribution in [0.2, 0.25) is 0 Å². The lowest BCUT2D eigenvalue weighted by Crippen LogP contribution is -2.60. The van der Waals surface area contributed by atoms with Crippen molar-refractivity contribution in [1.82, 2.24) is 5.43 Å². The Morgan fingerprint density at radius 2 is 1.84 bits per heavy atom. The zero-order valence-corrected chi connectivity index (χ0v) is 12.5. The summed E-state index contributed by atoms with van der Waals surface area (Å²) in [5.41, 5.74) is 4.49. The summed E-state index contributed by atoms with van der Waals surface area (Å²) in [6.07, 6.45) is 14.7. The summed E-state index contributed by atoms with van der Waals surface area (Å²) in [5.74, 6) is 9.02. The van der Waals surface area contributed by atoms with Gasteiger partial charge in [-0.05, 0) is 73.5 Å². The van der Waals surface area contributed by atoms with Crippen LogP contribution in [0.1, 0.15) is 71.1 Å². The molecule has 19 heavy (non-hydrogen) atoms. The molecule has 5 aliphatic rings. The van der Waals surface area contributed by atoms with Gasteiger partial charge in [0, 0.05) is 6.04 Å². The topological polar surface area (TPSA) is 38.0 Å². The molecular formula is C17H30N2. The van der Waals surface area contributed by atoms with Gasteiger partial charge in [0.25, 0.3) is 0 Å². The molecule has 0 aromatic carbocycles. The van der Waals surface area contributed by atoms with E-state index in [2.05, 4.69) is 12.3 Å². The molecule has 4 bridgehead atoms. The number of hydrogen-bond acceptors (Lipinski definition) is 2. The Morgan fingerprint density at radius 1 is 1.16 bits per heavy atom. The zero-order chi connectivity index (χ0) is 13.1. The molecule has 108 valence electrons. The quantitative estimate of drug-likeness (QED) is 0.600. The maximum Gasteiger partial charge on any atom is 0.0269 e. The number of hydrogen-bond donors (Lipinski definition) is 2. The predicted octanol–water partition coefficient (Wildman–Crippen LogP) is 3.62. The van der Waals surface area contributed by atoms with Crippen molar-refractivity contribution in [3.63, 3.8) is 0 Å². The van der Waals surface area contributed by atoms with Crippen LogP contribution in [0.4, 0.5) is 0 Å². The largest absolute Gasteiger partial charge is 0.271 e. The first-order chi connectivity index (χ1) is 9.11. The second-order valence-corrected chi connectivity index (χ2v) is 8.89. The molecule has 5 rings (SSSR count). The van der Waals surface area contributed by atoms with E-state index in [9.17, 15) is 0 Å². The van der Waals surface area contributed by atoms with Crippen molar-refractivity contribution in [2.24, 2.45) is 34.4 Å². The molecule has 2 heteroatoms. The molecule has 3 unspecified atom stereocenters. The fourth-order valence-corrected chi connectivity index (χ4v) is 6.76. The van der Waals surface area contributed by atoms with E-state index in [1.54, 1.807) is 0 Å². The Labute approximate surface area is 117 Å². The van der Waals surface area contributed by atoms with Crippen molar-refractivity contribution in [1.29, 1.82) is 0 Å². The lowest BCUT2D eigenvalue weighted by atomic mass is 9.42. The minimum atomic E-state index is 0.559. The summed E-state index contributed by atoms with van der Waals surface area (Å²) in [4.78, 5) is 0. The first-order valence-electron chi connectivity index (χ1n) is 8.57. The summed E-state index contributed by atoms with van der Waals surface area (Å²) in [7, 11) is 0. The van der Waals surface area contributed by atoms with E-state index < -0.39 is 0 Å². The predicted molar refractivity (Wildman–Crippen MR) is 78.3 cm³/mol. The molecule has 5 fully saturated rings. The summed E-state index contributed by atoms with van der Waals surface area (Å²) in [6, 6.07) is 0.600. The third-order valence-corrected chi connectivity index (χ3v) is 7.13. The Balaban J connectivity index is 1.57. The smallest absolute Gasteiger partial charge is 0.0269 e. The van der Waals surface area contributed by atoms with Crippen molar-refractivity contribution >= 4 is 0 Å². The van der Waals surface area contributed by atoms with Crippen LogP contribution in [0.5, 0.6) is 0 Å². The average Bonchev–Trinajstić information content (AvgIpc) is 2.23. The van der Waals surface area contributed by atoms with Gasteiger partial charge in [-0.15, -0.1) is 0 Å². The minimum Gasteiger partial charge on any atom is -0.271 e. The molecular weight excluding hydrogens is 232 g/mol. The van der Waals surface area contributed by atoms with Crippen molar-refractivity contribution < 1.29 is 0 Å². The molecule has 5 saturated carbocycles. The number of nitrogens with one attached hydrogen (secondary N) is 1. The summed E-state index contributed by atoms with van der Waals surface area (Å²) >= 11 is 0. The maximum absolute atomic E-state index is 6.01. The third-order valence-electron chi connectivity index (χ3n) is 7.13. The molecule has 0 spiro atoms. The van der Waals surface area contributed by atoms with E-state index >= 15 is 0 Å². The van der Waals surface area contributed by atoms with Crippen molar-refractivity contribution in [2.75, 3.05) is 0 Å². The highest BCUT2D eigenvalue weighted by molar-refractivity contribution is 5.10. The highest BCUT2D eigenvalue weighted by Crippen LogP contribution is 2.66. The van der Waals surface area contributed by atoms with Crippen LogP contribution in [0.15, 0.2) is 0 Å². The third kappa shape index (κ3) is 1.98. The van der Waals surface area contributed by atoms with Crippen molar-refractivity contribution in [3.05, 3.63) is 0 Å². The summed E-state index contributed by atoms with van der Waals surface area (Å²) < 4.78 is 0. The molecule has 0 aliphatic heterocycles. The van der Waals surface area contributed by atoms with Crippen LogP contribution in [0.3, 0.4) is 0 Å². The van der Waals surface area contributed by atoms with E-state index in [0.29, 0.717) is 16.9 Å². The second-order valence-electron chi connectivity index (χ2n) is 8.89. The number of rotatable bonds is 4. The van der Waals surface area contributed by atoms with Crippen LogP contribution in [-0.2, 0) is 0 Å². The molecule has 3 N–H and O–H groups in total. The standard InChI is InChI=1S/C17H30N2/c1-16-7-13-5-14(8-16)10-17(9-13,11-16)15(19-18)6-12-3-2-4-12/h12-15,19H,2-11,18H2,1H3. The van der Waals surface area contributed by atoms with E-state index in [0.717, 1.165) is 17.8 Å². The molecule has 0 aromatic heterocycles. The van der Waals surface area contributed by atoms with Crippen LogP contribution in [0, 0.1) is 28.6 Å². The molecule has 0 heterocycles. The van der Waals surface area contributed by atoms with E-state index in [1.165, 1.54) is 64.2 Å². The molecule has 2 nitrogen and oxygen atoms in total. The SMILES string of the molecule is CC12CC3CC(C1)CC(C(CC1CCC1)NN)(C3)C2. The van der Waals surface area contributed by atoms with Gasteiger partial charge in [0.2, 0.25) is 0 Å². The lowest BCUT2D eigenvalue weighted by Gasteiger charge is -2.63. The zero-order valence-electron chi connectivity index (χ0n) is 12.5. The van der Waals surface area contributed by atoms with Gasteiger partial charge in [0.15, 0.2) is 0 Å². The molecule has 0 amide bonds. The van der Waals surface area contributed by atoms with Gasteiger partial charge in [-0.1, -0.05) is 26.2 Å². The highest BCUT2D eigenvalue weighted by atomic mass is 15.2. The molecule has 3 atom stereocenters. The molecule has 5 aliphatic carbocycles. The molecule has 0 aromatic rings. The van der Waals surface area contributed by atoms with Crippen LogP contribution < -0.4 is 11.3 Å². The Kier molecular flexibility index (Phi) is 2.80. The van der Waals surface area contributed by atoms with Crippen molar-refractivity contribution in [2.45, 2.75) is 77.2 Å². The first-order valence-corrected chi connectivity index (χ1v) is 8.57. The van der Waals surface area contributed by atoms with Crippen LogP contribution in [-0.4, -0.2) is 6.04 Å². The second kappa shape index (κ2) is 4.21. The number of nitrogens with two attached hydrogens (primary N) is 1. The fourth-order valence-electron chi connectivity index (χ4n) is 6.76. The lowest BCUT2D eigenvalue weighted by molar-refractivity contribution is -0.122. The van der Waals surface area contributed by atoms with E-state index in [-0.39, 0.29) is 0 Å². The molecule has 0 saturated heterocycles. The monoisotopic (exact) mass is 262 g/mol. The summed E-state index contributed by atoms with van der Waals surface area (Å²) in [6.45, 7) is 2.57. The Bertz CT molecular complexity index is 346. The van der Waals surface area contributed by atoms with E-state index in [1.807, 2.05) is 0 Å². The van der Waals surface area contributed by atoms with Gasteiger partial charge in [0.05, 0.1) is 0 Å². The maximum atomic E-state index is 6.01. The van der Waals surface area contributed by atoms with Crippen LogP contribution in [0.25, 0.3) is 0 Å². The fraction of sp³-hybridized carbons (Fsp3) is 1.00. The minimum absolute atomic E-state index is 0.559. The Hall–Kier alpha value is -0.0800.